The topological polar surface area (TPSA) is 121 Å². The van der Waals surface area contributed by atoms with E-state index in [-0.39, 0.29) is 28.6 Å². The molecule has 2 atom stereocenters. The van der Waals surface area contributed by atoms with Crippen LogP contribution in [0.1, 0.15) is 10.4 Å². The predicted molar refractivity (Wildman–Crippen MR) is 99.6 cm³/mol. The number of benzene rings is 1. The van der Waals surface area contributed by atoms with Gasteiger partial charge in [-0.05, 0) is 12.1 Å². The zero-order chi connectivity index (χ0) is 19.6. The zero-order valence-electron chi connectivity index (χ0n) is 13.5. The second-order valence-electron chi connectivity index (χ2n) is 5.45. The van der Waals surface area contributed by atoms with Crippen molar-refractivity contribution in [1.82, 2.24) is 9.71 Å². The fourth-order valence-electron chi connectivity index (χ4n) is 2.36. The molecule has 12 heteroatoms. The molecule has 1 aliphatic rings. The molecule has 2 heterocycles. The third-order valence-corrected chi connectivity index (χ3v) is 6.28. The standard InChI is InChI=1S/C15H13BrClN3O6S/c16-14-11-8-18-13(17)7-12(11)26-15(14)25-6-5-19-27(23,24)10-3-1-9(2-4-10)20(21)22/h1-4,7-8,14-15,19H,5-6H2. The molecule has 27 heavy (non-hydrogen) atoms. The van der Waals surface area contributed by atoms with Crippen molar-refractivity contribution in [2.24, 2.45) is 0 Å². The molecule has 144 valence electrons. The largest absolute Gasteiger partial charge is 0.463 e. The van der Waals surface area contributed by atoms with Gasteiger partial charge in [-0.2, -0.15) is 0 Å². The molecule has 1 aromatic heterocycles. The summed E-state index contributed by atoms with van der Waals surface area (Å²) < 4.78 is 37.9. The maximum atomic E-state index is 12.2. The van der Waals surface area contributed by atoms with E-state index in [1.54, 1.807) is 12.3 Å². The van der Waals surface area contributed by atoms with Crippen LogP contribution in [0.15, 0.2) is 41.4 Å². The van der Waals surface area contributed by atoms with E-state index in [0.717, 1.165) is 17.7 Å². The maximum absolute atomic E-state index is 12.2. The zero-order valence-corrected chi connectivity index (χ0v) is 16.7. The predicted octanol–water partition coefficient (Wildman–Crippen LogP) is 2.79. The summed E-state index contributed by atoms with van der Waals surface area (Å²) in [6, 6.07) is 6.17. The number of alkyl halides is 1. The van der Waals surface area contributed by atoms with Crippen LogP contribution in [-0.4, -0.2) is 37.8 Å². The van der Waals surface area contributed by atoms with Gasteiger partial charge in [-0.3, -0.25) is 10.1 Å². The lowest BCUT2D eigenvalue weighted by molar-refractivity contribution is -0.384. The van der Waals surface area contributed by atoms with Crippen LogP contribution in [0.2, 0.25) is 5.15 Å². The van der Waals surface area contributed by atoms with Crippen molar-refractivity contribution in [3.05, 3.63) is 57.4 Å². The summed E-state index contributed by atoms with van der Waals surface area (Å²) in [6.07, 6.45) is 0.932. The Morgan fingerprint density at radius 3 is 2.74 bits per heavy atom. The van der Waals surface area contributed by atoms with E-state index in [1.807, 2.05) is 0 Å². The lowest BCUT2D eigenvalue weighted by Crippen LogP contribution is -2.30. The number of hydrogen-bond acceptors (Lipinski definition) is 7. The van der Waals surface area contributed by atoms with Crippen molar-refractivity contribution < 1.29 is 22.8 Å². The third-order valence-electron chi connectivity index (χ3n) is 3.67. The van der Waals surface area contributed by atoms with Crippen molar-refractivity contribution in [2.45, 2.75) is 16.0 Å². The Balaban J connectivity index is 1.52. The van der Waals surface area contributed by atoms with E-state index in [1.165, 1.54) is 12.1 Å². The minimum absolute atomic E-state index is 0.00570. The summed E-state index contributed by atoms with van der Waals surface area (Å²) in [7, 11) is -3.80. The molecule has 0 radical (unpaired) electrons. The second-order valence-corrected chi connectivity index (χ2v) is 8.59. The second kappa shape index (κ2) is 8.07. The number of aromatic nitrogens is 1. The summed E-state index contributed by atoms with van der Waals surface area (Å²) in [6.45, 7) is 0.0440. The molecule has 2 unspecified atom stereocenters. The lowest BCUT2D eigenvalue weighted by Gasteiger charge is -2.15. The lowest BCUT2D eigenvalue weighted by atomic mass is 10.2. The number of nitrogens with one attached hydrogen (secondary N) is 1. The minimum Gasteiger partial charge on any atom is -0.463 e. The molecule has 2 aromatic rings. The molecule has 0 spiro atoms. The normalized spacial score (nSPS) is 18.7. The van der Waals surface area contributed by atoms with Crippen LogP contribution in [0, 0.1) is 10.1 Å². The monoisotopic (exact) mass is 477 g/mol. The summed E-state index contributed by atoms with van der Waals surface area (Å²) in [4.78, 5) is 13.7. The van der Waals surface area contributed by atoms with Gasteiger partial charge in [0.05, 0.1) is 16.4 Å². The number of pyridine rings is 1. The van der Waals surface area contributed by atoms with Gasteiger partial charge in [0, 0.05) is 36.5 Å². The van der Waals surface area contributed by atoms with Gasteiger partial charge in [-0.15, -0.1) is 0 Å². The summed E-state index contributed by atoms with van der Waals surface area (Å²) in [5.41, 5.74) is 0.601. The third kappa shape index (κ3) is 4.55. The molecule has 0 aliphatic carbocycles. The first-order valence-corrected chi connectivity index (χ1v) is 10.4. The average molecular weight is 479 g/mol. The number of nitrogens with zero attached hydrogens (tertiary/aromatic N) is 2. The van der Waals surface area contributed by atoms with E-state index in [9.17, 15) is 18.5 Å². The average Bonchev–Trinajstić information content (AvgIpc) is 2.94. The van der Waals surface area contributed by atoms with Gasteiger partial charge < -0.3 is 9.47 Å². The Morgan fingerprint density at radius 2 is 2.07 bits per heavy atom. The molecule has 1 aliphatic heterocycles. The number of fused-ring (bicyclic) bond motifs is 1. The number of non-ortho nitro benzene ring substituents is 1. The number of hydrogen-bond donors (Lipinski definition) is 1. The fraction of sp³-hybridized carbons (Fsp3) is 0.267. The van der Waals surface area contributed by atoms with Gasteiger partial charge in [0.25, 0.3) is 5.69 Å². The highest BCUT2D eigenvalue weighted by Crippen LogP contribution is 2.42. The van der Waals surface area contributed by atoms with E-state index in [0.29, 0.717) is 10.9 Å². The Bertz CT molecular complexity index is 957. The van der Waals surface area contributed by atoms with Crippen LogP contribution in [-0.2, 0) is 14.8 Å². The molecule has 0 fully saturated rings. The van der Waals surface area contributed by atoms with Crippen molar-refractivity contribution in [2.75, 3.05) is 13.2 Å². The Labute approximate surface area is 168 Å². The van der Waals surface area contributed by atoms with E-state index < -0.39 is 21.2 Å². The van der Waals surface area contributed by atoms with E-state index >= 15 is 0 Å². The van der Waals surface area contributed by atoms with Crippen LogP contribution in [0.4, 0.5) is 5.69 Å². The minimum atomic E-state index is -3.80. The molecule has 0 bridgehead atoms. The summed E-state index contributed by atoms with van der Waals surface area (Å²) in [5.74, 6) is 0.549. The molecule has 0 saturated carbocycles. The highest BCUT2D eigenvalue weighted by Gasteiger charge is 2.34. The Hall–Kier alpha value is -1.79. The molecule has 1 aromatic carbocycles. The van der Waals surface area contributed by atoms with Crippen molar-refractivity contribution >= 4 is 43.2 Å². The van der Waals surface area contributed by atoms with Crippen LogP contribution < -0.4 is 9.46 Å². The molecule has 9 nitrogen and oxygen atoms in total. The number of sulfonamides is 1. The van der Waals surface area contributed by atoms with Gasteiger partial charge in [0.15, 0.2) is 0 Å². The van der Waals surface area contributed by atoms with E-state index in [4.69, 9.17) is 21.1 Å². The number of nitro groups is 1. The quantitative estimate of drug-likeness (QED) is 0.213. The molecule has 3 rings (SSSR count). The van der Waals surface area contributed by atoms with Crippen molar-refractivity contribution in [3.63, 3.8) is 0 Å². The highest BCUT2D eigenvalue weighted by molar-refractivity contribution is 9.09. The van der Waals surface area contributed by atoms with Gasteiger partial charge in [-0.1, -0.05) is 27.5 Å². The molecular weight excluding hydrogens is 466 g/mol. The highest BCUT2D eigenvalue weighted by atomic mass is 79.9. The summed E-state index contributed by atoms with van der Waals surface area (Å²) >= 11 is 9.27. The SMILES string of the molecule is O=[N+]([O-])c1ccc(S(=O)(=O)NCCOC2Oc3cc(Cl)ncc3C2Br)cc1. The number of rotatable bonds is 7. The van der Waals surface area contributed by atoms with Crippen molar-refractivity contribution in [1.29, 1.82) is 0 Å². The van der Waals surface area contributed by atoms with Gasteiger partial charge in [-0.25, -0.2) is 18.1 Å². The van der Waals surface area contributed by atoms with Gasteiger partial charge in [0.1, 0.15) is 15.7 Å². The van der Waals surface area contributed by atoms with Crippen LogP contribution in [0.25, 0.3) is 0 Å². The summed E-state index contributed by atoms with van der Waals surface area (Å²) in [5, 5.41) is 10.9. The number of nitro benzene ring substituents is 1. The molecule has 1 N–H and O–H groups in total. The molecule has 0 amide bonds. The Kier molecular flexibility index (Phi) is 5.96. The van der Waals surface area contributed by atoms with Crippen LogP contribution >= 0.6 is 27.5 Å². The molecule has 0 saturated heterocycles. The Morgan fingerprint density at radius 1 is 1.37 bits per heavy atom. The first kappa shape index (κ1) is 20.0. The number of halogens is 2. The van der Waals surface area contributed by atoms with Gasteiger partial charge >= 0.3 is 0 Å². The first-order chi connectivity index (χ1) is 12.8. The number of ether oxygens (including phenoxy) is 2. The van der Waals surface area contributed by atoms with Crippen LogP contribution in [0.5, 0.6) is 5.75 Å². The van der Waals surface area contributed by atoms with Gasteiger partial charge in [0.2, 0.25) is 16.3 Å². The smallest absolute Gasteiger partial charge is 0.269 e. The first-order valence-electron chi connectivity index (χ1n) is 7.60. The van der Waals surface area contributed by atoms with E-state index in [2.05, 4.69) is 25.6 Å². The molecular formula is C15H13BrClN3O6S. The van der Waals surface area contributed by atoms with Crippen molar-refractivity contribution in [3.8, 4) is 5.75 Å². The maximum Gasteiger partial charge on any atom is 0.269 e. The van der Waals surface area contributed by atoms with Crippen LogP contribution in [0.3, 0.4) is 0 Å². The fourth-order valence-corrected chi connectivity index (χ4v) is 4.13.